The molecule has 0 radical (unpaired) electrons. The van der Waals surface area contributed by atoms with E-state index in [4.69, 9.17) is 0 Å². The zero-order valence-corrected chi connectivity index (χ0v) is 31.7. The quantitative estimate of drug-likeness (QED) is 0.0332. The average Bonchev–Trinajstić information content (AvgIpc) is 3.09. The molecule has 0 rings (SSSR count). The second-order valence-electron chi connectivity index (χ2n) is 14.3. The minimum absolute atomic E-state index is 0.348. The predicted octanol–water partition coefficient (Wildman–Crippen LogP) is 10.4. The Morgan fingerprint density at radius 2 is 0.875 bits per heavy atom. The molecule has 0 fully saturated rings. The monoisotopic (exact) mass is 680 g/mol. The number of unbranched alkanes of at least 4 members (excludes halogenated alkanes) is 24. The van der Waals surface area contributed by atoms with Gasteiger partial charge in [0.2, 0.25) is 5.91 Å². The number of aliphatic hydroxyl groups excluding tert-OH is 4. The molecule has 4 atom stereocenters. The molecular formula is C42H81NO5. The number of hydrogen-bond donors (Lipinski definition) is 5. The maximum Gasteiger partial charge on any atom is 0.249 e. The molecule has 0 aliphatic rings. The van der Waals surface area contributed by atoms with Crippen LogP contribution in [0.1, 0.15) is 206 Å². The van der Waals surface area contributed by atoms with Crippen LogP contribution in [0.5, 0.6) is 0 Å². The summed E-state index contributed by atoms with van der Waals surface area (Å²) in [5.74, 6) is -0.605. The van der Waals surface area contributed by atoms with Crippen LogP contribution < -0.4 is 5.32 Å². The number of carbonyl (C=O) groups excluding carboxylic acids is 1. The minimum Gasteiger partial charge on any atom is -0.394 e. The highest BCUT2D eigenvalue weighted by Gasteiger charge is 2.28. The lowest BCUT2D eigenvalue weighted by molar-refractivity contribution is -0.132. The van der Waals surface area contributed by atoms with Crippen LogP contribution in [0.15, 0.2) is 24.3 Å². The van der Waals surface area contributed by atoms with E-state index >= 15 is 0 Å². The van der Waals surface area contributed by atoms with Crippen LogP contribution in [0, 0.1) is 0 Å². The second kappa shape index (κ2) is 37.1. The van der Waals surface area contributed by atoms with Crippen molar-refractivity contribution in [3.8, 4) is 0 Å². The maximum absolute atomic E-state index is 12.4. The SMILES string of the molecule is CCCC/C=C\CCCCCCC(O)C(=O)NC(CO)C(O)C(O)CCC/C=C/CCCCCCCCCCCCCCCCCCC. The molecule has 0 aromatic rings. The van der Waals surface area contributed by atoms with Crippen molar-refractivity contribution in [3.63, 3.8) is 0 Å². The molecule has 6 heteroatoms. The van der Waals surface area contributed by atoms with Gasteiger partial charge in [-0.3, -0.25) is 4.79 Å². The van der Waals surface area contributed by atoms with E-state index < -0.39 is 36.9 Å². The fraction of sp³-hybridized carbons (Fsp3) is 0.881. The van der Waals surface area contributed by atoms with Crippen LogP contribution in [0.4, 0.5) is 0 Å². The molecule has 0 aromatic heterocycles. The number of allylic oxidation sites excluding steroid dienone is 4. The van der Waals surface area contributed by atoms with Crippen molar-refractivity contribution in [1.29, 1.82) is 0 Å². The van der Waals surface area contributed by atoms with Gasteiger partial charge >= 0.3 is 0 Å². The molecule has 5 N–H and O–H groups in total. The van der Waals surface area contributed by atoms with Crippen molar-refractivity contribution in [2.75, 3.05) is 6.61 Å². The van der Waals surface area contributed by atoms with Crippen LogP contribution >= 0.6 is 0 Å². The number of rotatable bonds is 37. The molecule has 4 unspecified atom stereocenters. The van der Waals surface area contributed by atoms with E-state index in [0.29, 0.717) is 12.8 Å². The first kappa shape index (κ1) is 46.8. The molecule has 0 bridgehead atoms. The standard InChI is InChI=1S/C42H81NO5/c1-3-5-7-9-11-13-15-16-17-18-19-20-21-22-23-24-25-26-28-29-31-33-35-39(45)41(47)38(37-44)43-42(48)40(46)36-34-32-30-27-14-12-10-8-6-4-2/h10,12,28-29,38-41,44-47H,3-9,11,13-27,30-37H2,1-2H3,(H,43,48)/b12-10-,29-28+. The van der Waals surface area contributed by atoms with Gasteiger partial charge in [0.05, 0.1) is 18.8 Å². The first-order chi connectivity index (χ1) is 23.5. The second-order valence-corrected chi connectivity index (χ2v) is 14.3. The van der Waals surface area contributed by atoms with Crippen LogP contribution in [0.3, 0.4) is 0 Å². The summed E-state index contributed by atoms with van der Waals surface area (Å²) in [5.41, 5.74) is 0. The molecule has 6 nitrogen and oxygen atoms in total. The molecule has 0 aliphatic heterocycles. The average molecular weight is 680 g/mol. The normalized spacial score (nSPS) is 14.5. The van der Waals surface area contributed by atoms with Crippen molar-refractivity contribution in [2.45, 2.75) is 231 Å². The van der Waals surface area contributed by atoms with Gasteiger partial charge in [0, 0.05) is 0 Å². The lowest BCUT2D eigenvalue weighted by atomic mass is 10.00. The topological polar surface area (TPSA) is 110 Å². The number of aliphatic hydroxyl groups is 4. The Balaban J connectivity index is 3.74. The van der Waals surface area contributed by atoms with Crippen molar-refractivity contribution in [3.05, 3.63) is 24.3 Å². The molecule has 0 spiro atoms. The smallest absolute Gasteiger partial charge is 0.249 e. The summed E-state index contributed by atoms with van der Waals surface area (Å²) in [7, 11) is 0. The predicted molar refractivity (Wildman–Crippen MR) is 205 cm³/mol. The Labute approximate surface area is 297 Å². The van der Waals surface area contributed by atoms with E-state index in [2.05, 4.69) is 43.5 Å². The van der Waals surface area contributed by atoms with Crippen molar-refractivity contribution >= 4 is 5.91 Å². The number of hydrogen-bond acceptors (Lipinski definition) is 5. The van der Waals surface area contributed by atoms with Gasteiger partial charge in [0.15, 0.2) is 0 Å². The number of carbonyl (C=O) groups is 1. The lowest BCUT2D eigenvalue weighted by Crippen LogP contribution is -2.53. The van der Waals surface area contributed by atoms with E-state index in [1.54, 1.807) is 0 Å². The highest BCUT2D eigenvalue weighted by atomic mass is 16.3. The van der Waals surface area contributed by atoms with Gasteiger partial charge in [-0.25, -0.2) is 0 Å². The van der Waals surface area contributed by atoms with Gasteiger partial charge < -0.3 is 25.7 Å². The summed E-state index contributed by atoms with van der Waals surface area (Å²) in [4.78, 5) is 12.4. The molecule has 0 saturated carbocycles. The Morgan fingerprint density at radius 3 is 1.31 bits per heavy atom. The van der Waals surface area contributed by atoms with Crippen molar-refractivity contribution in [1.82, 2.24) is 5.32 Å². The minimum atomic E-state index is -1.28. The van der Waals surface area contributed by atoms with E-state index in [-0.39, 0.29) is 0 Å². The van der Waals surface area contributed by atoms with Crippen molar-refractivity contribution < 1.29 is 25.2 Å². The fourth-order valence-corrected chi connectivity index (χ4v) is 6.27. The zero-order chi connectivity index (χ0) is 35.3. The highest BCUT2D eigenvalue weighted by molar-refractivity contribution is 5.80. The molecule has 0 heterocycles. The highest BCUT2D eigenvalue weighted by Crippen LogP contribution is 2.15. The molecule has 1 amide bonds. The van der Waals surface area contributed by atoms with Gasteiger partial charge in [-0.15, -0.1) is 0 Å². The van der Waals surface area contributed by atoms with Crippen LogP contribution in [-0.4, -0.2) is 57.3 Å². The van der Waals surface area contributed by atoms with E-state index in [9.17, 15) is 25.2 Å². The Bertz CT molecular complexity index is 727. The molecule has 0 aliphatic carbocycles. The third-order valence-corrected chi connectivity index (χ3v) is 9.63. The summed E-state index contributed by atoms with van der Waals surface area (Å²) in [6, 6.07) is -1.00. The summed E-state index contributed by atoms with van der Waals surface area (Å²) >= 11 is 0. The van der Waals surface area contributed by atoms with Gasteiger partial charge in [-0.2, -0.15) is 0 Å². The van der Waals surface area contributed by atoms with Crippen LogP contribution in [0.25, 0.3) is 0 Å². The van der Waals surface area contributed by atoms with Gasteiger partial charge in [-0.05, 0) is 57.8 Å². The lowest BCUT2D eigenvalue weighted by Gasteiger charge is -2.27. The molecular weight excluding hydrogens is 598 g/mol. The van der Waals surface area contributed by atoms with Gasteiger partial charge in [0.25, 0.3) is 0 Å². The fourth-order valence-electron chi connectivity index (χ4n) is 6.27. The van der Waals surface area contributed by atoms with Crippen LogP contribution in [0.2, 0.25) is 0 Å². The molecule has 0 saturated heterocycles. The molecule has 48 heavy (non-hydrogen) atoms. The van der Waals surface area contributed by atoms with Crippen molar-refractivity contribution in [2.24, 2.45) is 0 Å². The Morgan fingerprint density at radius 1 is 0.500 bits per heavy atom. The third-order valence-electron chi connectivity index (χ3n) is 9.63. The van der Waals surface area contributed by atoms with E-state index in [1.807, 2.05) is 0 Å². The zero-order valence-electron chi connectivity index (χ0n) is 31.7. The van der Waals surface area contributed by atoms with Gasteiger partial charge in [-0.1, -0.05) is 173 Å². The summed E-state index contributed by atoms with van der Waals surface area (Å²) < 4.78 is 0. The Hall–Kier alpha value is -1.21. The third kappa shape index (κ3) is 30.8. The first-order valence-electron chi connectivity index (χ1n) is 20.7. The summed E-state index contributed by atoms with van der Waals surface area (Å²) in [6.07, 6.45) is 40.8. The maximum atomic E-state index is 12.4. The number of nitrogens with one attached hydrogen (secondary N) is 1. The number of amides is 1. The van der Waals surface area contributed by atoms with Gasteiger partial charge in [0.1, 0.15) is 12.2 Å². The summed E-state index contributed by atoms with van der Waals surface area (Å²) in [6.45, 7) is 3.98. The largest absolute Gasteiger partial charge is 0.394 e. The Kier molecular flexibility index (Phi) is 36.1. The summed E-state index contributed by atoms with van der Waals surface area (Å²) in [5, 5.41) is 43.4. The first-order valence-corrected chi connectivity index (χ1v) is 20.7. The van der Waals surface area contributed by atoms with E-state index in [1.165, 1.54) is 122 Å². The van der Waals surface area contributed by atoms with Crippen LogP contribution in [-0.2, 0) is 4.79 Å². The molecule has 0 aromatic carbocycles. The van der Waals surface area contributed by atoms with E-state index in [0.717, 1.165) is 57.8 Å². The molecule has 284 valence electrons.